The first-order valence-corrected chi connectivity index (χ1v) is 9.93. The number of piperazine rings is 1. The lowest BCUT2D eigenvalue weighted by molar-refractivity contribution is -0.134. The molecule has 3 rings (SSSR count). The van der Waals surface area contributed by atoms with Crippen LogP contribution >= 0.6 is 11.6 Å². The van der Waals surface area contributed by atoms with Crippen LogP contribution in [0.3, 0.4) is 0 Å². The Morgan fingerprint density at radius 3 is 2.50 bits per heavy atom. The number of anilines is 1. The zero-order valence-corrected chi connectivity index (χ0v) is 16.2. The number of nitrogens with zero attached hydrogens (tertiary/aromatic N) is 4. The first-order valence-electron chi connectivity index (χ1n) is 9.56. The summed E-state index contributed by atoms with van der Waals surface area (Å²) in [5.74, 6) is 0.727. The Balaban J connectivity index is 1.52. The van der Waals surface area contributed by atoms with E-state index >= 15 is 0 Å². The Kier molecular flexibility index (Phi) is 6.39. The molecule has 0 radical (unpaired) electrons. The standard InChI is InChI=1S/C20H27ClN4O/c1-2-23-10-12-24(13-11-23)19(26)14-16-6-8-25(9-7-16)20-17(15-22)4-3-5-18(20)21/h3-5,16H,2,6-14H2,1H3. The van der Waals surface area contributed by atoms with Gasteiger partial charge in [-0.3, -0.25) is 4.79 Å². The molecule has 2 heterocycles. The quantitative estimate of drug-likeness (QED) is 0.813. The van der Waals surface area contributed by atoms with E-state index in [1.165, 1.54) is 0 Å². The van der Waals surface area contributed by atoms with Crippen LogP contribution in [0.25, 0.3) is 0 Å². The molecule has 26 heavy (non-hydrogen) atoms. The minimum Gasteiger partial charge on any atom is -0.369 e. The Morgan fingerprint density at radius 1 is 1.19 bits per heavy atom. The summed E-state index contributed by atoms with van der Waals surface area (Å²) >= 11 is 6.33. The zero-order valence-electron chi connectivity index (χ0n) is 15.5. The average molecular weight is 375 g/mol. The SMILES string of the molecule is CCN1CCN(C(=O)CC2CCN(c3c(Cl)cccc3C#N)CC2)CC1. The number of likely N-dealkylation sites (N-methyl/N-ethyl adjacent to an activating group) is 1. The topological polar surface area (TPSA) is 50.6 Å². The van der Waals surface area contributed by atoms with Gasteiger partial charge in [0, 0.05) is 45.7 Å². The third-order valence-corrected chi connectivity index (χ3v) is 5.98. The van der Waals surface area contributed by atoms with Crippen LogP contribution in [-0.4, -0.2) is 61.5 Å². The van der Waals surface area contributed by atoms with Gasteiger partial charge in [-0.2, -0.15) is 5.26 Å². The maximum Gasteiger partial charge on any atom is 0.222 e. The molecule has 0 atom stereocenters. The fourth-order valence-corrected chi connectivity index (χ4v) is 4.27. The van der Waals surface area contributed by atoms with Gasteiger partial charge in [0.1, 0.15) is 6.07 Å². The van der Waals surface area contributed by atoms with Crippen molar-refractivity contribution in [3.8, 4) is 6.07 Å². The van der Waals surface area contributed by atoms with Crippen molar-refractivity contribution in [2.45, 2.75) is 26.2 Å². The number of amides is 1. The maximum atomic E-state index is 12.6. The van der Waals surface area contributed by atoms with E-state index in [9.17, 15) is 10.1 Å². The van der Waals surface area contributed by atoms with Gasteiger partial charge in [-0.1, -0.05) is 24.6 Å². The fourth-order valence-electron chi connectivity index (χ4n) is 3.98. The molecule has 0 aromatic heterocycles. The Hall–Kier alpha value is -1.77. The molecular weight excluding hydrogens is 348 g/mol. The number of carbonyl (C=O) groups excluding carboxylic acids is 1. The molecule has 0 aliphatic carbocycles. The number of benzene rings is 1. The van der Waals surface area contributed by atoms with E-state index in [4.69, 9.17) is 11.6 Å². The van der Waals surface area contributed by atoms with Crippen LogP contribution in [0, 0.1) is 17.2 Å². The molecule has 0 unspecified atom stereocenters. The molecule has 2 saturated heterocycles. The number of halogens is 1. The van der Waals surface area contributed by atoms with Crippen LogP contribution in [0.15, 0.2) is 18.2 Å². The molecule has 140 valence electrons. The summed E-state index contributed by atoms with van der Waals surface area (Å²) < 4.78 is 0. The number of nitriles is 1. The molecule has 0 spiro atoms. The van der Waals surface area contributed by atoms with Gasteiger partial charge in [-0.25, -0.2) is 0 Å². The largest absolute Gasteiger partial charge is 0.369 e. The second-order valence-electron chi connectivity index (χ2n) is 7.20. The van der Waals surface area contributed by atoms with Gasteiger partial charge in [0.25, 0.3) is 0 Å². The average Bonchev–Trinajstić information content (AvgIpc) is 2.68. The fraction of sp³-hybridized carbons (Fsp3) is 0.600. The summed E-state index contributed by atoms with van der Waals surface area (Å²) in [7, 11) is 0. The van der Waals surface area contributed by atoms with Crippen molar-refractivity contribution in [3.63, 3.8) is 0 Å². The van der Waals surface area contributed by atoms with E-state index in [0.717, 1.165) is 64.3 Å². The monoisotopic (exact) mass is 374 g/mol. The third kappa shape index (κ3) is 4.31. The molecule has 6 heteroatoms. The molecule has 2 fully saturated rings. The summed E-state index contributed by atoms with van der Waals surface area (Å²) in [6, 6.07) is 7.70. The lowest BCUT2D eigenvalue weighted by Crippen LogP contribution is -2.49. The Labute approximate surface area is 161 Å². The lowest BCUT2D eigenvalue weighted by Gasteiger charge is -2.37. The van der Waals surface area contributed by atoms with Crippen molar-refractivity contribution in [2.75, 3.05) is 50.7 Å². The highest BCUT2D eigenvalue weighted by atomic mass is 35.5. The molecule has 1 aromatic carbocycles. The molecule has 5 nitrogen and oxygen atoms in total. The van der Waals surface area contributed by atoms with E-state index in [0.29, 0.717) is 28.8 Å². The van der Waals surface area contributed by atoms with Crippen LogP contribution in [0.1, 0.15) is 31.7 Å². The first kappa shape index (κ1) is 19.0. The summed E-state index contributed by atoms with van der Waals surface area (Å²) in [6.07, 6.45) is 2.58. The summed E-state index contributed by atoms with van der Waals surface area (Å²) in [6.45, 7) is 8.62. The van der Waals surface area contributed by atoms with Crippen LogP contribution in [0.5, 0.6) is 0 Å². The molecule has 0 saturated carbocycles. The molecule has 1 aromatic rings. The van der Waals surface area contributed by atoms with Crippen LogP contribution in [-0.2, 0) is 4.79 Å². The highest BCUT2D eigenvalue weighted by molar-refractivity contribution is 6.33. The number of carbonyl (C=O) groups is 1. The van der Waals surface area contributed by atoms with Crippen molar-refractivity contribution in [1.82, 2.24) is 9.80 Å². The number of rotatable bonds is 4. The van der Waals surface area contributed by atoms with E-state index in [1.807, 2.05) is 23.1 Å². The number of hydrogen-bond donors (Lipinski definition) is 0. The highest BCUT2D eigenvalue weighted by Crippen LogP contribution is 2.33. The molecule has 2 aliphatic heterocycles. The predicted molar refractivity (Wildman–Crippen MR) is 104 cm³/mol. The lowest BCUT2D eigenvalue weighted by atomic mass is 9.92. The van der Waals surface area contributed by atoms with Crippen molar-refractivity contribution in [2.24, 2.45) is 5.92 Å². The second-order valence-corrected chi connectivity index (χ2v) is 7.60. The summed E-state index contributed by atoms with van der Waals surface area (Å²) in [5, 5.41) is 9.97. The Bertz CT molecular complexity index is 671. The van der Waals surface area contributed by atoms with Crippen molar-refractivity contribution >= 4 is 23.2 Å². The van der Waals surface area contributed by atoms with E-state index < -0.39 is 0 Å². The van der Waals surface area contributed by atoms with Gasteiger partial charge in [0.2, 0.25) is 5.91 Å². The predicted octanol–water partition coefficient (Wildman–Crippen LogP) is 2.98. The van der Waals surface area contributed by atoms with Gasteiger partial charge in [-0.15, -0.1) is 0 Å². The van der Waals surface area contributed by atoms with E-state index in [-0.39, 0.29) is 0 Å². The zero-order chi connectivity index (χ0) is 18.5. The molecule has 0 N–H and O–H groups in total. The van der Waals surface area contributed by atoms with Gasteiger partial charge >= 0.3 is 0 Å². The minimum absolute atomic E-state index is 0.301. The van der Waals surface area contributed by atoms with Crippen molar-refractivity contribution in [3.05, 3.63) is 28.8 Å². The van der Waals surface area contributed by atoms with E-state index in [1.54, 1.807) is 0 Å². The number of hydrogen-bond acceptors (Lipinski definition) is 4. The Morgan fingerprint density at radius 2 is 1.88 bits per heavy atom. The van der Waals surface area contributed by atoms with Crippen molar-refractivity contribution in [1.29, 1.82) is 5.26 Å². The van der Waals surface area contributed by atoms with Crippen molar-refractivity contribution < 1.29 is 4.79 Å². The maximum absolute atomic E-state index is 12.6. The third-order valence-electron chi connectivity index (χ3n) is 5.67. The highest BCUT2D eigenvalue weighted by Gasteiger charge is 2.27. The summed E-state index contributed by atoms with van der Waals surface area (Å²) in [4.78, 5) is 19.2. The second kappa shape index (κ2) is 8.75. The van der Waals surface area contributed by atoms with Gasteiger partial charge in [-0.05, 0) is 37.4 Å². The van der Waals surface area contributed by atoms with E-state index in [2.05, 4.69) is 22.8 Å². The smallest absolute Gasteiger partial charge is 0.222 e. The van der Waals surface area contributed by atoms with Crippen LogP contribution in [0.2, 0.25) is 5.02 Å². The molecular formula is C20H27ClN4O. The van der Waals surface area contributed by atoms with Gasteiger partial charge in [0.15, 0.2) is 0 Å². The van der Waals surface area contributed by atoms with Gasteiger partial charge in [0.05, 0.1) is 16.3 Å². The normalized spacial score (nSPS) is 19.4. The number of para-hydroxylation sites is 1. The summed E-state index contributed by atoms with van der Waals surface area (Å²) in [5.41, 5.74) is 1.47. The van der Waals surface area contributed by atoms with Crippen LogP contribution in [0.4, 0.5) is 5.69 Å². The minimum atomic E-state index is 0.301. The first-order chi connectivity index (χ1) is 12.6. The molecule has 0 bridgehead atoms. The van der Waals surface area contributed by atoms with Gasteiger partial charge < -0.3 is 14.7 Å². The number of piperidine rings is 1. The molecule has 2 aliphatic rings. The molecule has 1 amide bonds. The van der Waals surface area contributed by atoms with Crippen LogP contribution < -0.4 is 4.90 Å².